The minimum absolute atomic E-state index is 0.192. The average Bonchev–Trinajstić information content (AvgIpc) is 2.39. The molecule has 2 aromatic carbocycles. The van der Waals surface area contributed by atoms with Gasteiger partial charge in [0.05, 0.1) is 0 Å². The Morgan fingerprint density at radius 2 is 1.56 bits per heavy atom. The van der Waals surface area contributed by atoms with Crippen molar-refractivity contribution >= 4 is 43.9 Å². The van der Waals surface area contributed by atoms with Gasteiger partial charge in [-0.05, 0) is 42.5 Å². The van der Waals surface area contributed by atoms with E-state index in [1.54, 1.807) is 48.8 Å². The molecule has 1 radical (unpaired) electrons. The highest BCUT2D eigenvalue weighted by Gasteiger charge is 2.14. The van der Waals surface area contributed by atoms with Crippen LogP contribution in [0.5, 0.6) is 0 Å². The number of ketones is 1. The van der Waals surface area contributed by atoms with Crippen LogP contribution in [0.3, 0.4) is 0 Å². The number of hydrogen-bond donors (Lipinski definition) is 0. The zero-order chi connectivity index (χ0) is 13.1. The van der Waals surface area contributed by atoms with E-state index >= 15 is 0 Å². The van der Waals surface area contributed by atoms with E-state index in [0.717, 1.165) is 8.95 Å². The largest absolute Gasteiger partial charge is 0.289 e. The van der Waals surface area contributed by atoms with Crippen LogP contribution in [0.2, 0.25) is 0 Å². The molecule has 0 atom stereocenters. The second-order valence-corrected chi connectivity index (χ2v) is 5.46. The third kappa shape index (κ3) is 2.76. The zero-order valence-electron chi connectivity index (χ0n) is 9.11. The van der Waals surface area contributed by atoms with Crippen molar-refractivity contribution < 1.29 is 9.59 Å². The van der Waals surface area contributed by atoms with E-state index in [9.17, 15) is 9.59 Å². The lowest BCUT2D eigenvalue weighted by molar-refractivity contribution is 0.103. The molecule has 0 aliphatic rings. The minimum Gasteiger partial charge on any atom is -0.289 e. The Labute approximate surface area is 121 Å². The molecule has 2 nitrogen and oxygen atoms in total. The molecule has 0 amide bonds. The van der Waals surface area contributed by atoms with Gasteiger partial charge in [0.25, 0.3) is 0 Å². The summed E-state index contributed by atoms with van der Waals surface area (Å²) in [6.07, 6.45) is 1.78. The first-order valence-corrected chi connectivity index (χ1v) is 6.68. The summed E-state index contributed by atoms with van der Waals surface area (Å²) in [5.41, 5.74) is 1.15. The third-order valence-electron chi connectivity index (χ3n) is 2.44. The average molecular weight is 367 g/mol. The Balaban J connectivity index is 2.48. The summed E-state index contributed by atoms with van der Waals surface area (Å²) < 4.78 is 1.65. The lowest BCUT2D eigenvalue weighted by Crippen LogP contribution is -2.05. The number of hydrogen-bond acceptors (Lipinski definition) is 2. The van der Waals surface area contributed by atoms with Gasteiger partial charge in [0.1, 0.15) is 0 Å². The summed E-state index contributed by atoms with van der Waals surface area (Å²) in [6.45, 7) is 0. The summed E-state index contributed by atoms with van der Waals surface area (Å²) >= 11 is 6.60. The first-order chi connectivity index (χ1) is 8.61. The van der Waals surface area contributed by atoms with Crippen LogP contribution in [0.25, 0.3) is 0 Å². The predicted molar refractivity (Wildman–Crippen MR) is 76.5 cm³/mol. The second-order valence-electron chi connectivity index (χ2n) is 3.63. The van der Waals surface area contributed by atoms with Crippen molar-refractivity contribution in [2.45, 2.75) is 0 Å². The van der Waals surface area contributed by atoms with Crippen LogP contribution in [0.15, 0.2) is 51.4 Å². The Bertz CT molecular complexity index is 604. The maximum absolute atomic E-state index is 12.3. The molecule has 2 aromatic rings. The number of rotatable bonds is 3. The maximum atomic E-state index is 12.3. The van der Waals surface area contributed by atoms with Gasteiger partial charge in [-0.15, -0.1) is 0 Å². The number of carbonyl (C=O) groups excluding carboxylic acids is 2. The van der Waals surface area contributed by atoms with Gasteiger partial charge in [0.15, 0.2) is 5.78 Å². The van der Waals surface area contributed by atoms with Crippen molar-refractivity contribution in [3.05, 3.63) is 68.1 Å². The van der Waals surface area contributed by atoms with Gasteiger partial charge < -0.3 is 0 Å². The molecule has 0 fully saturated rings. The molecule has 0 heterocycles. The van der Waals surface area contributed by atoms with Crippen molar-refractivity contribution in [3.63, 3.8) is 0 Å². The minimum atomic E-state index is -0.192. The molecule has 0 aromatic heterocycles. The van der Waals surface area contributed by atoms with Gasteiger partial charge in [-0.25, -0.2) is 0 Å². The molecule has 0 bridgehead atoms. The monoisotopic (exact) mass is 365 g/mol. The van der Waals surface area contributed by atoms with E-state index in [2.05, 4.69) is 31.9 Å². The van der Waals surface area contributed by atoms with E-state index in [4.69, 9.17) is 0 Å². The Kier molecular flexibility index (Phi) is 4.09. The van der Waals surface area contributed by atoms with E-state index in [-0.39, 0.29) is 11.3 Å². The van der Waals surface area contributed by atoms with Gasteiger partial charge in [0, 0.05) is 25.6 Å². The second kappa shape index (κ2) is 5.59. The molecule has 0 saturated carbocycles. The van der Waals surface area contributed by atoms with Crippen LogP contribution < -0.4 is 0 Å². The molecule has 0 aliphatic heterocycles. The normalized spacial score (nSPS) is 10.1. The summed E-state index contributed by atoms with van der Waals surface area (Å²) in [5, 5.41) is 0. The molecular weight excluding hydrogens is 360 g/mol. The number of benzene rings is 2. The smallest absolute Gasteiger partial charge is 0.234 e. The van der Waals surface area contributed by atoms with Crippen molar-refractivity contribution in [1.29, 1.82) is 0 Å². The van der Waals surface area contributed by atoms with Crippen molar-refractivity contribution in [2.75, 3.05) is 0 Å². The van der Waals surface area contributed by atoms with Crippen LogP contribution in [0.1, 0.15) is 21.5 Å². The molecule has 89 valence electrons. The van der Waals surface area contributed by atoms with Crippen LogP contribution in [-0.4, -0.2) is 12.1 Å². The van der Waals surface area contributed by atoms with Gasteiger partial charge >= 0.3 is 0 Å². The van der Waals surface area contributed by atoms with E-state index in [1.807, 2.05) is 0 Å². The lowest BCUT2D eigenvalue weighted by Gasteiger charge is -2.04. The molecule has 0 N–H and O–H groups in total. The van der Waals surface area contributed by atoms with Gasteiger partial charge in [-0.3, -0.25) is 9.59 Å². The van der Waals surface area contributed by atoms with Crippen molar-refractivity contribution in [1.82, 2.24) is 0 Å². The Hall–Kier alpha value is -1.26. The maximum Gasteiger partial charge on any atom is 0.234 e. The number of halogens is 2. The number of carbonyl (C=O) groups is 1. The van der Waals surface area contributed by atoms with Crippen molar-refractivity contribution in [2.24, 2.45) is 0 Å². The highest BCUT2D eigenvalue weighted by Crippen LogP contribution is 2.20. The SMILES string of the molecule is O=[C]c1ccc(Br)cc1C(=O)c1ccc(Br)cc1. The molecular formula is C14H7Br2O2. The van der Waals surface area contributed by atoms with Crippen LogP contribution >= 0.6 is 31.9 Å². The fourth-order valence-corrected chi connectivity index (χ4v) is 2.18. The predicted octanol–water partition coefficient (Wildman–Crippen LogP) is 3.90. The molecule has 0 unspecified atom stereocenters. The van der Waals surface area contributed by atoms with Crippen LogP contribution in [0.4, 0.5) is 0 Å². The Morgan fingerprint density at radius 1 is 0.944 bits per heavy atom. The van der Waals surface area contributed by atoms with E-state index < -0.39 is 0 Å². The molecule has 0 saturated heterocycles. The fraction of sp³-hybridized carbons (Fsp3) is 0. The van der Waals surface area contributed by atoms with Crippen LogP contribution in [-0.2, 0) is 4.79 Å². The summed E-state index contributed by atoms with van der Waals surface area (Å²) in [5.74, 6) is -0.192. The molecule has 4 heteroatoms. The lowest BCUT2D eigenvalue weighted by atomic mass is 9.99. The Morgan fingerprint density at radius 3 is 2.17 bits per heavy atom. The molecule has 18 heavy (non-hydrogen) atoms. The fourth-order valence-electron chi connectivity index (χ4n) is 1.55. The van der Waals surface area contributed by atoms with E-state index in [1.165, 1.54) is 0 Å². The van der Waals surface area contributed by atoms with Gasteiger partial charge in [-0.2, -0.15) is 0 Å². The van der Waals surface area contributed by atoms with Gasteiger partial charge in [0.2, 0.25) is 6.29 Å². The van der Waals surface area contributed by atoms with Crippen molar-refractivity contribution in [3.8, 4) is 0 Å². The zero-order valence-corrected chi connectivity index (χ0v) is 12.3. The molecule has 0 spiro atoms. The third-order valence-corrected chi connectivity index (χ3v) is 3.46. The van der Waals surface area contributed by atoms with Gasteiger partial charge in [-0.1, -0.05) is 31.9 Å². The summed E-state index contributed by atoms with van der Waals surface area (Å²) in [6, 6.07) is 11.9. The first kappa shape index (κ1) is 13.2. The first-order valence-electron chi connectivity index (χ1n) is 5.10. The topological polar surface area (TPSA) is 34.1 Å². The summed E-state index contributed by atoms with van der Waals surface area (Å²) in [4.78, 5) is 23.1. The molecule has 2 rings (SSSR count). The molecule has 0 aliphatic carbocycles. The standard InChI is InChI=1S/C14H7Br2O2/c15-11-4-1-9(2-5-11)14(18)13-7-12(16)6-3-10(13)8-17/h1-7H. The quantitative estimate of drug-likeness (QED) is 0.772. The highest BCUT2D eigenvalue weighted by molar-refractivity contribution is 9.10. The summed E-state index contributed by atoms with van der Waals surface area (Å²) in [7, 11) is 0. The van der Waals surface area contributed by atoms with E-state index in [0.29, 0.717) is 11.1 Å². The van der Waals surface area contributed by atoms with Crippen LogP contribution in [0, 0.1) is 0 Å². The highest BCUT2D eigenvalue weighted by atomic mass is 79.9.